The number of ether oxygens (including phenoxy) is 1. The van der Waals surface area contributed by atoms with E-state index < -0.39 is 181 Å². The number of allylic oxidation sites excluding steroid dienone is 1. The zero-order chi connectivity index (χ0) is 64.2. The summed E-state index contributed by atoms with van der Waals surface area (Å²) < 4.78 is 5.28. The molecule has 0 bridgehead atoms. The summed E-state index contributed by atoms with van der Waals surface area (Å²) in [4.78, 5) is 163. The number of alkyl halides is 1. The SMILES string of the molecule is C/C=C1/NC(=O)[C@H]([C@H](C)O)NC(=O)[C@H](CCN)NC(=O)[C@H](CCCCN)NC(=O)[C@H](CC(=O)O)NC(=O)[C@@H](CCN)NC(=O)[C@@H](NC(=O)C[C@H](O)CCCCCCCCCCCCC)COC(=O)[C@H]([C@H](O)CCl)NC(=O)[C@H](C(O)C(=O)O)NC1=O. The Morgan fingerprint density at radius 1 is 0.612 bits per heavy atom. The maximum absolute atomic E-state index is 14.2. The van der Waals surface area contributed by atoms with Gasteiger partial charge in [-0.3, -0.25) is 47.9 Å². The molecule has 9 amide bonds. The van der Waals surface area contributed by atoms with E-state index in [0.29, 0.717) is 12.8 Å². The van der Waals surface area contributed by atoms with Crippen molar-refractivity contribution in [3.8, 4) is 0 Å². The molecule has 0 aromatic heterocycles. The topological polar surface area (TPSA) is 522 Å². The number of hydrogen-bond acceptors (Lipinski definition) is 20. The van der Waals surface area contributed by atoms with Crippen LogP contribution in [0.1, 0.15) is 143 Å². The Morgan fingerprint density at radius 3 is 1.60 bits per heavy atom. The average Bonchev–Trinajstić information content (AvgIpc) is 3.65. The molecule has 1 aliphatic heterocycles. The summed E-state index contributed by atoms with van der Waals surface area (Å²) in [5, 5.41) is 82.3. The maximum atomic E-state index is 14.2. The molecule has 1 heterocycles. The number of carboxylic acids is 2. The number of nitrogens with one attached hydrogen (secondary N) is 9. The molecule has 85 heavy (non-hydrogen) atoms. The second kappa shape index (κ2) is 42.2. The number of esters is 1. The van der Waals surface area contributed by atoms with Crippen molar-refractivity contribution >= 4 is 82.7 Å². The van der Waals surface area contributed by atoms with Crippen molar-refractivity contribution in [1.29, 1.82) is 0 Å². The van der Waals surface area contributed by atoms with Gasteiger partial charge in [0, 0.05) is 0 Å². The minimum absolute atomic E-state index is 0.123. The lowest BCUT2D eigenvalue weighted by Crippen LogP contribution is -2.62. The number of aliphatic carboxylic acids is 2. The summed E-state index contributed by atoms with van der Waals surface area (Å²) in [6, 6.07) is -15.8. The number of aliphatic hydroxyl groups is 4. The first kappa shape index (κ1) is 76.4. The van der Waals surface area contributed by atoms with Gasteiger partial charge in [-0.05, 0) is 72.0 Å². The van der Waals surface area contributed by atoms with E-state index in [1.165, 1.54) is 26.2 Å². The van der Waals surface area contributed by atoms with Gasteiger partial charge in [0.05, 0.1) is 37.0 Å². The highest BCUT2D eigenvalue weighted by atomic mass is 35.5. The van der Waals surface area contributed by atoms with E-state index in [0.717, 1.165) is 57.9 Å². The summed E-state index contributed by atoms with van der Waals surface area (Å²) >= 11 is 5.86. The van der Waals surface area contributed by atoms with Crippen LogP contribution in [0.2, 0.25) is 0 Å². The number of cyclic esters (lactones) is 1. The van der Waals surface area contributed by atoms with Gasteiger partial charge in [0.2, 0.25) is 47.3 Å². The Kier molecular flexibility index (Phi) is 38.0. The lowest BCUT2D eigenvalue weighted by atomic mass is 10.0. The molecule has 31 nitrogen and oxygen atoms in total. The number of amides is 9. The summed E-state index contributed by atoms with van der Waals surface area (Å²) in [5.74, 6) is -17.8. The molecule has 12 atom stereocenters. The van der Waals surface area contributed by atoms with Gasteiger partial charge >= 0.3 is 17.9 Å². The number of hydrogen-bond donors (Lipinski definition) is 18. The molecule has 0 spiro atoms. The van der Waals surface area contributed by atoms with Crippen molar-refractivity contribution < 1.29 is 92.9 Å². The number of halogens is 1. The van der Waals surface area contributed by atoms with Gasteiger partial charge < -0.3 is 100 Å². The zero-order valence-electron chi connectivity index (χ0n) is 48.6. The number of unbranched alkanes of at least 4 members (excludes halogenated alkanes) is 11. The number of aliphatic hydroxyl groups excluding tert-OH is 4. The number of carboxylic acid groups (broad SMARTS) is 2. The molecule has 0 radical (unpaired) electrons. The van der Waals surface area contributed by atoms with Crippen LogP contribution in [0.25, 0.3) is 0 Å². The summed E-state index contributed by atoms with van der Waals surface area (Å²) in [6.07, 6.45) is 2.18. The molecule has 1 rings (SSSR count). The smallest absolute Gasteiger partial charge is 0.335 e. The van der Waals surface area contributed by atoms with Crippen LogP contribution in [-0.2, 0) is 62.3 Å². The average molecular weight is 1240 g/mol. The monoisotopic (exact) mass is 1230 g/mol. The molecule has 484 valence electrons. The Labute approximate surface area is 498 Å². The van der Waals surface area contributed by atoms with E-state index in [9.17, 15) is 88.2 Å². The van der Waals surface area contributed by atoms with Crippen molar-refractivity contribution in [3.63, 3.8) is 0 Å². The van der Waals surface area contributed by atoms with Gasteiger partial charge in [-0.2, -0.15) is 0 Å². The minimum Gasteiger partial charge on any atom is -0.481 e. The number of carbonyl (C=O) groups is 12. The quantitative estimate of drug-likeness (QED) is 0.0140. The molecule has 0 aliphatic carbocycles. The lowest BCUT2D eigenvalue weighted by Gasteiger charge is -2.28. The van der Waals surface area contributed by atoms with Crippen LogP contribution in [0.4, 0.5) is 0 Å². The van der Waals surface area contributed by atoms with E-state index in [-0.39, 0.29) is 45.3 Å². The highest BCUT2D eigenvalue weighted by Crippen LogP contribution is 2.15. The highest BCUT2D eigenvalue weighted by Gasteiger charge is 2.41. The molecule has 1 fully saturated rings. The number of nitrogens with two attached hydrogens (primary N) is 3. The fourth-order valence-electron chi connectivity index (χ4n) is 8.58. The predicted octanol–water partition coefficient (Wildman–Crippen LogP) is -4.38. The Morgan fingerprint density at radius 2 is 1.11 bits per heavy atom. The van der Waals surface area contributed by atoms with Gasteiger partial charge in [0.25, 0.3) is 5.91 Å². The third-order valence-electron chi connectivity index (χ3n) is 13.5. The van der Waals surface area contributed by atoms with Crippen LogP contribution in [0.5, 0.6) is 0 Å². The molecule has 0 saturated carbocycles. The van der Waals surface area contributed by atoms with Crippen molar-refractivity contribution in [2.75, 3.05) is 32.1 Å². The molecule has 32 heteroatoms. The third kappa shape index (κ3) is 29.4. The molecular formula is C53H91ClN12O19. The van der Waals surface area contributed by atoms with E-state index in [2.05, 4.69) is 44.1 Å². The van der Waals surface area contributed by atoms with Crippen LogP contribution in [0, 0.1) is 0 Å². The maximum Gasteiger partial charge on any atom is 0.335 e. The molecule has 21 N–H and O–H groups in total. The molecular weight excluding hydrogens is 1140 g/mol. The van der Waals surface area contributed by atoms with Gasteiger partial charge in [-0.1, -0.05) is 83.6 Å². The standard InChI is InChI=1S/C53H91ClN12O19/c1-4-6-7-8-9-10-11-12-13-14-15-18-30(68)25-38(70)58-36-28-85-53(84)41(37(69)27-54)65-51(81)42(43(73)52(82)83)66-44(74)31(5-2)59-50(80)40(29(3)67)64-47(77)34(21-24-57)61-45(75)32(19-16-17-22-55)60-48(78)35(26-39(71)72)63-46(76)33(20-23-56)62-49(36)79/h5,29-30,32-37,40-43,67-69,73H,4,6-28,55-57H2,1-3H3,(H,58,70)(H,59,80)(H,60,78)(H,61,75)(H,62,79)(H,63,76)(H,64,77)(H,65,81)(H,66,74)(H,71,72)(H,82,83)/b31-5+/t29-,30+,32-,33+,34-,35-,36-,37+,40-,41-,42-,43?/m0/s1. The van der Waals surface area contributed by atoms with Crippen LogP contribution < -0.4 is 65.1 Å². The lowest BCUT2D eigenvalue weighted by molar-refractivity contribution is -0.155. The van der Waals surface area contributed by atoms with E-state index in [4.69, 9.17) is 33.5 Å². The summed E-state index contributed by atoms with van der Waals surface area (Å²) in [7, 11) is 0. The van der Waals surface area contributed by atoms with E-state index >= 15 is 0 Å². The third-order valence-corrected chi connectivity index (χ3v) is 13.8. The largest absolute Gasteiger partial charge is 0.481 e. The van der Waals surface area contributed by atoms with E-state index in [1.54, 1.807) is 0 Å². The van der Waals surface area contributed by atoms with Crippen LogP contribution in [0.15, 0.2) is 11.8 Å². The number of carbonyl (C=O) groups excluding carboxylic acids is 10. The van der Waals surface area contributed by atoms with Gasteiger partial charge in [-0.25, -0.2) is 9.59 Å². The summed E-state index contributed by atoms with van der Waals surface area (Å²) in [5.41, 5.74) is 16.4. The first-order valence-corrected chi connectivity index (χ1v) is 29.2. The van der Waals surface area contributed by atoms with Gasteiger partial charge in [0.1, 0.15) is 54.6 Å². The van der Waals surface area contributed by atoms with Crippen LogP contribution in [0.3, 0.4) is 0 Å². The van der Waals surface area contributed by atoms with E-state index in [1.807, 2.05) is 10.6 Å². The molecule has 0 aromatic carbocycles. The van der Waals surface area contributed by atoms with Crippen LogP contribution >= 0.6 is 11.6 Å². The minimum atomic E-state index is -2.83. The normalized spacial score (nSPS) is 24.2. The Balaban J connectivity index is 3.95. The fraction of sp³-hybridized carbons (Fsp3) is 0.736. The van der Waals surface area contributed by atoms with Gasteiger partial charge in [0.15, 0.2) is 12.1 Å². The highest BCUT2D eigenvalue weighted by molar-refractivity contribution is 6.18. The first-order valence-electron chi connectivity index (χ1n) is 28.7. The molecule has 1 unspecified atom stereocenters. The van der Waals surface area contributed by atoms with Crippen molar-refractivity contribution in [2.45, 2.75) is 216 Å². The summed E-state index contributed by atoms with van der Waals surface area (Å²) in [6.45, 7) is 2.65. The zero-order valence-corrected chi connectivity index (χ0v) is 49.3. The first-order chi connectivity index (χ1) is 40.3. The van der Waals surface area contributed by atoms with Crippen molar-refractivity contribution in [2.24, 2.45) is 17.2 Å². The molecule has 1 aliphatic rings. The van der Waals surface area contributed by atoms with Crippen molar-refractivity contribution in [1.82, 2.24) is 47.9 Å². The Hall–Kier alpha value is -6.61. The fourth-order valence-corrected chi connectivity index (χ4v) is 8.76. The molecule has 0 aromatic rings. The van der Waals surface area contributed by atoms with Gasteiger partial charge in [-0.15, -0.1) is 11.6 Å². The Bertz CT molecular complexity index is 2230. The van der Waals surface area contributed by atoms with Crippen LogP contribution in [-0.4, -0.2) is 207 Å². The predicted molar refractivity (Wildman–Crippen MR) is 305 cm³/mol. The second-order valence-electron chi connectivity index (χ2n) is 20.6. The second-order valence-corrected chi connectivity index (χ2v) is 20.9. The molecule has 1 saturated heterocycles. The van der Waals surface area contributed by atoms with Crippen molar-refractivity contribution in [3.05, 3.63) is 11.8 Å². The number of rotatable bonds is 30.